The average Bonchev–Trinajstić information content (AvgIpc) is 3.77. The topological polar surface area (TPSA) is 273 Å². The van der Waals surface area contributed by atoms with Crippen molar-refractivity contribution in [3.05, 3.63) is 46.3 Å². The van der Waals surface area contributed by atoms with Crippen LogP contribution in [0.25, 0.3) is 11.6 Å². The van der Waals surface area contributed by atoms with Crippen LogP contribution in [0.5, 0.6) is 0 Å². The molecule has 0 amide bonds. The molecule has 232 valence electrons. The predicted octanol–water partition coefficient (Wildman–Crippen LogP) is 3.35. The Hall–Kier alpha value is -6.34. The summed E-state index contributed by atoms with van der Waals surface area (Å²) in [4.78, 5) is 32.9. The minimum atomic E-state index is -0.611. The van der Waals surface area contributed by atoms with Crippen LogP contribution in [0.1, 0.15) is 50.4 Å². The van der Waals surface area contributed by atoms with Gasteiger partial charge in [0.15, 0.2) is 34.6 Å². The zero-order valence-corrected chi connectivity index (χ0v) is 25.0. The number of aromatic nitrogens is 10. The van der Waals surface area contributed by atoms with E-state index in [1.165, 1.54) is 29.9 Å². The lowest BCUT2D eigenvalue weighted by atomic mass is 10.2. The first kappa shape index (κ1) is 30.1. The quantitative estimate of drug-likeness (QED) is 0.137. The van der Waals surface area contributed by atoms with E-state index >= 15 is 0 Å². The van der Waals surface area contributed by atoms with Gasteiger partial charge in [0, 0.05) is 17.5 Å². The van der Waals surface area contributed by atoms with Crippen molar-refractivity contribution in [3.63, 3.8) is 0 Å². The fourth-order valence-electron chi connectivity index (χ4n) is 4.26. The van der Waals surface area contributed by atoms with Gasteiger partial charge >= 0.3 is 11.9 Å². The molecule has 20 heteroatoms. The molecular formula is C25H28N16O4. The lowest BCUT2D eigenvalue weighted by Crippen LogP contribution is -2.09. The molecule has 0 aliphatic heterocycles. The number of ether oxygens (including phenoxy) is 2. The van der Waals surface area contributed by atoms with E-state index in [1.54, 1.807) is 26.8 Å². The summed E-state index contributed by atoms with van der Waals surface area (Å²) in [6.07, 6.45) is 1.75. The maximum absolute atomic E-state index is 12.2. The molecule has 5 aromatic rings. The van der Waals surface area contributed by atoms with Gasteiger partial charge in [0.2, 0.25) is 11.6 Å². The summed E-state index contributed by atoms with van der Waals surface area (Å²) in [5.74, 6) is -0.346. The molecule has 0 bridgehead atoms. The van der Waals surface area contributed by atoms with Crippen molar-refractivity contribution in [2.24, 2.45) is 20.5 Å². The van der Waals surface area contributed by atoms with Crippen LogP contribution >= 0.6 is 0 Å². The van der Waals surface area contributed by atoms with Crippen molar-refractivity contribution in [3.8, 4) is 11.6 Å². The number of hydrogen-bond acceptors (Lipinski definition) is 16. The summed E-state index contributed by atoms with van der Waals surface area (Å²) in [6.45, 7) is 6.88. The highest BCUT2D eigenvalue weighted by Gasteiger charge is 2.23. The number of H-pyrrole nitrogens is 2. The summed E-state index contributed by atoms with van der Waals surface area (Å²) < 4.78 is 12.3. The molecule has 0 unspecified atom stereocenters. The number of nitrogens with one attached hydrogen (secondary N) is 2. The molecule has 5 rings (SSSR count). The van der Waals surface area contributed by atoms with Gasteiger partial charge in [-0.1, -0.05) is 6.92 Å². The molecule has 6 N–H and O–H groups in total. The summed E-state index contributed by atoms with van der Waals surface area (Å²) in [7, 11) is 2.52. The molecular weight excluding hydrogens is 588 g/mol. The first-order chi connectivity index (χ1) is 21.6. The number of carbonyl (C=O) groups is 2. The highest BCUT2D eigenvalue weighted by atomic mass is 16.5. The third-order valence-electron chi connectivity index (χ3n) is 6.56. The minimum Gasteiger partial charge on any atom is -0.465 e. The van der Waals surface area contributed by atoms with Crippen molar-refractivity contribution in [1.29, 1.82) is 0 Å². The van der Waals surface area contributed by atoms with Gasteiger partial charge in [-0.15, -0.1) is 20.5 Å². The van der Waals surface area contributed by atoms with Crippen molar-refractivity contribution in [2.45, 2.75) is 34.1 Å². The van der Waals surface area contributed by atoms with Gasteiger partial charge in [-0.25, -0.2) is 19.6 Å². The molecule has 0 atom stereocenters. The zero-order valence-electron chi connectivity index (χ0n) is 25.0. The Morgan fingerprint density at radius 1 is 0.800 bits per heavy atom. The molecule has 0 saturated carbocycles. The van der Waals surface area contributed by atoms with Crippen LogP contribution in [0.4, 0.5) is 34.6 Å². The van der Waals surface area contributed by atoms with E-state index in [-0.39, 0.29) is 57.4 Å². The van der Waals surface area contributed by atoms with E-state index < -0.39 is 11.9 Å². The normalized spacial score (nSPS) is 11.6. The van der Waals surface area contributed by atoms with Crippen LogP contribution in [0.3, 0.4) is 0 Å². The number of hydrogen-bond donors (Lipinski definition) is 4. The number of aromatic amines is 2. The SMILES string of the molecule is CCc1nn(-c2cc(-n3nc(C)c(N=Nc4n[nH]c(C)c4C(=O)OC)c3N)ncn2)c(N)c1N=Nc1n[nH]c(C)c1C(=O)OC. The first-order valence-electron chi connectivity index (χ1n) is 13.2. The molecule has 0 spiro atoms. The minimum absolute atomic E-state index is 0.0352. The average molecular weight is 617 g/mol. The predicted molar refractivity (Wildman–Crippen MR) is 157 cm³/mol. The Morgan fingerprint density at radius 3 is 1.80 bits per heavy atom. The highest BCUT2D eigenvalue weighted by molar-refractivity contribution is 5.95. The summed E-state index contributed by atoms with van der Waals surface area (Å²) in [5.41, 5.74) is 15.5. The molecule has 5 aromatic heterocycles. The third-order valence-corrected chi connectivity index (χ3v) is 6.56. The number of carbonyl (C=O) groups excluding carboxylic acids is 2. The summed E-state index contributed by atoms with van der Waals surface area (Å²) in [6, 6.07) is 1.56. The molecule has 0 radical (unpaired) electrons. The Kier molecular flexibility index (Phi) is 8.11. The van der Waals surface area contributed by atoms with E-state index in [4.69, 9.17) is 20.9 Å². The number of esters is 2. The van der Waals surface area contributed by atoms with Crippen molar-refractivity contribution >= 4 is 46.6 Å². The second kappa shape index (κ2) is 12.1. The molecule has 0 aromatic carbocycles. The molecule has 0 fully saturated rings. The standard InChI is InChI=1S/C25H28N16O4/c1-7-13-19(33-37-23-17(25(43)45-6)11(3)31-35-23)21(27)41(39-13)15-8-14(28-9-29-15)40-20(26)18(12(4)38-40)32-36-22-16(24(42)44-5)10(2)30-34-22/h8-9H,7,26-27H2,1-6H3,(H,30,34)(H,31,35). The number of nitrogen functional groups attached to an aromatic ring is 2. The lowest BCUT2D eigenvalue weighted by Gasteiger charge is -2.06. The van der Waals surface area contributed by atoms with E-state index in [9.17, 15) is 9.59 Å². The van der Waals surface area contributed by atoms with Crippen LogP contribution in [-0.4, -0.2) is 76.1 Å². The van der Waals surface area contributed by atoms with Crippen molar-refractivity contribution in [1.82, 2.24) is 49.9 Å². The van der Waals surface area contributed by atoms with Crippen LogP contribution in [-0.2, 0) is 15.9 Å². The number of aryl methyl sites for hydroxylation is 4. The zero-order chi connectivity index (χ0) is 32.4. The number of azo groups is 2. The first-order valence-corrected chi connectivity index (χ1v) is 13.2. The van der Waals surface area contributed by atoms with Gasteiger partial charge in [0.05, 0.1) is 25.6 Å². The number of nitrogens with two attached hydrogens (primary N) is 2. The fraction of sp³-hybridized carbons (Fsp3) is 0.280. The maximum atomic E-state index is 12.2. The van der Waals surface area contributed by atoms with E-state index in [0.717, 1.165) is 0 Å². The fourth-order valence-corrected chi connectivity index (χ4v) is 4.26. The molecule has 45 heavy (non-hydrogen) atoms. The highest BCUT2D eigenvalue weighted by Crippen LogP contribution is 2.34. The van der Waals surface area contributed by atoms with Gasteiger partial charge < -0.3 is 20.9 Å². The van der Waals surface area contributed by atoms with Crippen molar-refractivity contribution in [2.75, 3.05) is 25.7 Å². The second-order valence-electron chi connectivity index (χ2n) is 9.39. The van der Waals surface area contributed by atoms with E-state index in [1.807, 2.05) is 6.92 Å². The number of nitrogens with zero attached hydrogens (tertiary/aromatic N) is 12. The largest absolute Gasteiger partial charge is 0.465 e. The van der Waals surface area contributed by atoms with E-state index in [2.05, 4.69) is 61.0 Å². The second-order valence-corrected chi connectivity index (χ2v) is 9.39. The third kappa shape index (κ3) is 5.46. The van der Waals surface area contributed by atoms with Crippen molar-refractivity contribution < 1.29 is 19.1 Å². The lowest BCUT2D eigenvalue weighted by molar-refractivity contribution is 0.0591. The van der Waals surface area contributed by atoms with Crippen LogP contribution in [0.2, 0.25) is 0 Å². The van der Waals surface area contributed by atoms with Gasteiger partial charge in [-0.2, -0.15) is 29.8 Å². The maximum Gasteiger partial charge on any atom is 0.343 e. The summed E-state index contributed by atoms with van der Waals surface area (Å²) >= 11 is 0. The molecule has 0 saturated heterocycles. The monoisotopic (exact) mass is 616 g/mol. The van der Waals surface area contributed by atoms with Gasteiger partial charge in [0.25, 0.3) is 0 Å². The van der Waals surface area contributed by atoms with E-state index in [0.29, 0.717) is 29.2 Å². The number of anilines is 2. The van der Waals surface area contributed by atoms with Crippen LogP contribution in [0, 0.1) is 20.8 Å². The Balaban J connectivity index is 1.48. The Bertz CT molecular complexity index is 1980. The summed E-state index contributed by atoms with van der Waals surface area (Å²) in [5, 5.41) is 39.1. The Morgan fingerprint density at radius 2 is 1.29 bits per heavy atom. The smallest absolute Gasteiger partial charge is 0.343 e. The van der Waals surface area contributed by atoms with Gasteiger partial charge in [0.1, 0.15) is 17.5 Å². The molecule has 0 aliphatic rings. The molecule has 20 nitrogen and oxygen atoms in total. The van der Waals surface area contributed by atoms with Crippen LogP contribution < -0.4 is 11.5 Å². The van der Waals surface area contributed by atoms with Crippen LogP contribution in [0.15, 0.2) is 32.9 Å². The van der Waals surface area contributed by atoms with Gasteiger partial charge in [-0.3, -0.25) is 10.2 Å². The van der Waals surface area contributed by atoms with Gasteiger partial charge in [-0.05, 0) is 27.2 Å². The Labute approximate surface area is 254 Å². The molecule has 0 aliphatic carbocycles. The number of rotatable bonds is 9. The number of methoxy groups -OCH3 is 2. The molecule has 5 heterocycles.